The lowest BCUT2D eigenvalue weighted by molar-refractivity contribution is -0.140. The third kappa shape index (κ3) is 5.30. The zero-order valence-corrected chi connectivity index (χ0v) is 15.6. The molecule has 0 aliphatic carbocycles. The van der Waals surface area contributed by atoms with Crippen LogP contribution in [0.25, 0.3) is 0 Å². The number of carbonyl (C=O) groups excluding carboxylic acids is 2. The van der Waals surface area contributed by atoms with E-state index < -0.39 is 6.04 Å². The van der Waals surface area contributed by atoms with Gasteiger partial charge in [-0.25, -0.2) is 4.39 Å². The second-order valence-electron chi connectivity index (χ2n) is 5.99. The highest BCUT2D eigenvalue weighted by molar-refractivity contribution is 6.31. The summed E-state index contributed by atoms with van der Waals surface area (Å²) in [4.78, 5) is 26.6. The van der Waals surface area contributed by atoms with Gasteiger partial charge in [-0.05, 0) is 43.2 Å². The van der Waals surface area contributed by atoms with Gasteiger partial charge in [0.05, 0.1) is 6.42 Å². The molecule has 0 aliphatic heterocycles. The van der Waals surface area contributed by atoms with Gasteiger partial charge in [0.25, 0.3) is 0 Å². The van der Waals surface area contributed by atoms with Gasteiger partial charge in [-0.2, -0.15) is 0 Å². The maximum absolute atomic E-state index is 13.1. The molecule has 2 amide bonds. The number of hydrogen-bond acceptors (Lipinski definition) is 2. The highest BCUT2D eigenvalue weighted by atomic mass is 35.5. The summed E-state index contributed by atoms with van der Waals surface area (Å²) < 4.78 is 13.1. The molecule has 1 N–H and O–H groups in total. The molecule has 0 aliphatic rings. The van der Waals surface area contributed by atoms with Crippen molar-refractivity contribution in [2.45, 2.75) is 32.9 Å². The van der Waals surface area contributed by atoms with Gasteiger partial charge in [0.15, 0.2) is 0 Å². The highest BCUT2D eigenvalue weighted by Crippen LogP contribution is 2.18. The molecule has 0 fully saturated rings. The second-order valence-corrected chi connectivity index (χ2v) is 6.39. The summed E-state index contributed by atoms with van der Waals surface area (Å²) in [6.07, 6.45) is 0.0879. The molecule has 138 valence electrons. The Balaban J connectivity index is 2.23. The number of nitrogens with zero attached hydrogens (tertiary/aromatic N) is 1. The second kappa shape index (κ2) is 9.34. The molecule has 0 bridgehead atoms. The lowest BCUT2D eigenvalue weighted by atomic mass is 10.1. The summed E-state index contributed by atoms with van der Waals surface area (Å²) in [5, 5.41) is 3.24. The summed E-state index contributed by atoms with van der Waals surface area (Å²) in [5.74, 6) is -0.803. The van der Waals surface area contributed by atoms with E-state index in [2.05, 4.69) is 5.32 Å². The highest BCUT2D eigenvalue weighted by Gasteiger charge is 2.26. The molecule has 0 aromatic heterocycles. The van der Waals surface area contributed by atoms with Crippen LogP contribution in [0.15, 0.2) is 48.5 Å². The van der Waals surface area contributed by atoms with Crippen molar-refractivity contribution in [3.05, 3.63) is 70.5 Å². The van der Waals surface area contributed by atoms with Crippen molar-refractivity contribution >= 4 is 23.4 Å². The minimum Gasteiger partial charge on any atom is -0.355 e. The predicted octanol–water partition coefficient (Wildman–Crippen LogP) is 3.58. The van der Waals surface area contributed by atoms with E-state index in [-0.39, 0.29) is 30.6 Å². The molecule has 2 aromatic carbocycles. The van der Waals surface area contributed by atoms with Crippen LogP contribution in [0.4, 0.5) is 4.39 Å². The van der Waals surface area contributed by atoms with E-state index in [4.69, 9.17) is 11.6 Å². The third-order valence-corrected chi connectivity index (χ3v) is 4.45. The van der Waals surface area contributed by atoms with E-state index in [1.54, 1.807) is 37.3 Å². The standard InChI is InChI=1S/C20H22ClFN2O2/c1-3-23-20(26)14(2)24(13-15-8-10-17(22)11-9-15)19(25)12-16-6-4-5-7-18(16)21/h4-11,14H,3,12-13H2,1-2H3,(H,23,26). The van der Waals surface area contributed by atoms with Crippen LogP contribution < -0.4 is 5.32 Å². The first-order chi connectivity index (χ1) is 12.4. The molecule has 0 spiro atoms. The molecule has 0 saturated carbocycles. The molecular formula is C20H22ClFN2O2. The predicted molar refractivity (Wildman–Crippen MR) is 100 cm³/mol. The maximum Gasteiger partial charge on any atom is 0.242 e. The number of carbonyl (C=O) groups is 2. The van der Waals surface area contributed by atoms with Crippen LogP contribution in [0.3, 0.4) is 0 Å². The first-order valence-corrected chi connectivity index (χ1v) is 8.85. The van der Waals surface area contributed by atoms with Crippen LogP contribution in [0, 0.1) is 5.82 Å². The number of amides is 2. The van der Waals surface area contributed by atoms with E-state index in [0.29, 0.717) is 17.1 Å². The van der Waals surface area contributed by atoms with Gasteiger partial charge in [0.1, 0.15) is 11.9 Å². The normalized spacial score (nSPS) is 11.7. The fourth-order valence-corrected chi connectivity index (χ4v) is 2.80. The van der Waals surface area contributed by atoms with Crippen LogP contribution in [-0.4, -0.2) is 29.3 Å². The third-order valence-electron chi connectivity index (χ3n) is 4.08. The van der Waals surface area contributed by atoms with E-state index in [1.807, 2.05) is 13.0 Å². The Labute approximate surface area is 158 Å². The summed E-state index contributed by atoms with van der Waals surface area (Å²) in [6, 6.07) is 12.3. The number of rotatable bonds is 7. The Hall–Kier alpha value is -2.40. The fourth-order valence-electron chi connectivity index (χ4n) is 2.60. The first kappa shape index (κ1) is 19.9. The summed E-state index contributed by atoms with van der Waals surface area (Å²) >= 11 is 6.15. The molecule has 26 heavy (non-hydrogen) atoms. The number of hydrogen-bond donors (Lipinski definition) is 1. The van der Waals surface area contributed by atoms with Crippen molar-refractivity contribution in [3.8, 4) is 0 Å². The smallest absolute Gasteiger partial charge is 0.242 e. The Morgan fingerprint density at radius 3 is 2.42 bits per heavy atom. The summed E-state index contributed by atoms with van der Waals surface area (Å²) in [7, 11) is 0. The number of likely N-dealkylation sites (N-methyl/N-ethyl adjacent to an activating group) is 1. The van der Waals surface area contributed by atoms with Gasteiger partial charge in [0, 0.05) is 18.1 Å². The van der Waals surface area contributed by atoms with E-state index in [9.17, 15) is 14.0 Å². The van der Waals surface area contributed by atoms with Gasteiger partial charge in [-0.3, -0.25) is 9.59 Å². The van der Waals surface area contributed by atoms with Crippen molar-refractivity contribution in [1.29, 1.82) is 0 Å². The Morgan fingerprint density at radius 2 is 1.81 bits per heavy atom. The zero-order valence-electron chi connectivity index (χ0n) is 14.8. The Bertz CT molecular complexity index is 765. The van der Waals surface area contributed by atoms with E-state index >= 15 is 0 Å². The molecule has 6 heteroatoms. The Morgan fingerprint density at radius 1 is 1.15 bits per heavy atom. The van der Waals surface area contributed by atoms with Crippen molar-refractivity contribution < 1.29 is 14.0 Å². The average molecular weight is 377 g/mol. The molecule has 0 heterocycles. The van der Waals surface area contributed by atoms with Crippen LogP contribution in [0.5, 0.6) is 0 Å². The molecule has 2 aromatic rings. The fraction of sp³-hybridized carbons (Fsp3) is 0.300. The molecule has 4 nitrogen and oxygen atoms in total. The largest absolute Gasteiger partial charge is 0.355 e. The maximum atomic E-state index is 13.1. The van der Waals surface area contributed by atoms with Gasteiger partial charge in [-0.1, -0.05) is 41.9 Å². The number of halogens is 2. The quantitative estimate of drug-likeness (QED) is 0.803. The molecular weight excluding hydrogens is 355 g/mol. The lowest BCUT2D eigenvalue weighted by Crippen LogP contribution is -2.48. The summed E-state index contributed by atoms with van der Waals surface area (Å²) in [6.45, 7) is 4.19. The van der Waals surface area contributed by atoms with Crippen LogP contribution in [-0.2, 0) is 22.6 Å². The van der Waals surface area contributed by atoms with E-state index in [1.165, 1.54) is 17.0 Å². The molecule has 1 atom stereocenters. The lowest BCUT2D eigenvalue weighted by Gasteiger charge is -2.29. The first-order valence-electron chi connectivity index (χ1n) is 8.47. The van der Waals surface area contributed by atoms with E-state index in [0.717, 1.165) is 5.56 Å². The molecule has 1 unspecified atom stereocenters. The zero-order chi connectivity index (χ0) is 19.1. The molecule has 0 radical (unpaired) electrons. The number of nitrogens with one attached hydrogen (secondary N) is 1. The summed E-state index contributed by atoms with van der Waals surface area (Å²) in [5.41, 5.74) is 1.45. The van der Waals surface area contributed by atoms with Gasteiger partial charge in [0.2, 0.25) is 11.8 Å². The monoisotopic (exact) mass is 376 g/mol. The Kier molecular flexibility index (Phi) is 7.16. The van der Waals surface area contributed by atoms with Gasteiger partial charge in [-0.15, -0.1) is 0 Å². The molecule has 0 saturated heterocycles. The SMILES string of the molecule is CCNC(=O)C(C)N(Cc1ccc(F)cc1)C(=O)Cc1ccccc1Cl. The minimum absolute atomic E-state index is 0.0879. The van der Waals surface area contributed by atoms with Crippen molar-refractivity contribution in [1.82, 2.24) is 10.2 Å². The van der Waals surface area contributed by atoms with Crippen LogP contribution in [0.2, 0.25) is 5.02 Å². The van der Waals surface area contributed by atoms with Gasteiger partial charge >= 0.3 is 0 Å². The van der Waals surface area contributed by atoms with Crippen LogP contribution >= 0.6 is 11.6 Å². The van der Waals surface area contributed by atoms with Crippen molar-refractivity contribution in [3.63, 3.8) is 0 Å². The topological polar surface area (TPSA) is 49.4 Å². The average Bonchev–Trinajstić information content (AvgIpc) is 2.62. The van der Waals surface area contributed by atoms with Gasteiger partial charge < -0.3 is 10.2 Å². The molecule has 2 rings (SSSR count). The van der Waals surface area contributed by atoms with Crippen molar-refractivity contribution in [2.75, 3.05) is 6.54 Å². The number of benzene rings is 2. The van der Waals surface area contributed by atoms with Crippen molar-refractivity contribution in [2.24, 2.45) is 0 Å². The minimum atomic E-state index is -0.657. The van der Waals surface area contributed by atoms with Crippen LogP contribution in [0.1, 0.15) is 25.0 Å².